The number of anilines is 1. The van der Waals surface area contributed by atoms with E-state index in [1.165, 1.54) is 13.1 Å². The first-order valence-corrected chi connectivity index (χ1v) is 6.39. The molecule has 4 nitrogen and oxygen atoms in total. The Bertz CT molecular complexity index is 445. The van der Waals surface area contributed by atoms with Gasteiger partial charge in [0.2, 0.25) is 0 Å². The van der Waals surface area contributed by atoms with Crippen LogP contribution in [0, 0.1) is 12.7 Å². The first-order valence-electron chi connectivity index (χ1n) is 6.01. The minimum atomic E-state index is -0.663. The molecule has 0 aliphatic carbocycles. The normalized spacial score (nSPS) is 10.3. The molecule has 6 heteroatoms. The minimum absolute atomic E-state index is 0.218. The molecule has 0 atom stereocenters. The largest absolute Gasteiger partial charge is 0.444 e. The van der Waals surface area contributed by atoms with Crippen molar-refractivity contribution in [3.8, 4) is 0 Å². The summed E-state index contributed by atoms with van der Waals surface area (Å²) in [5.74, 6) is -0.653. The van der Waals surface area contributed by atoms with E-state index >= 15 is 0 Å². The zero-order valence-electron chi connectivity index (χ0n) is 12.1. The van der Waals surface area contributed by atoms with E-state index in [-0.39, 0.29) is 16.4 Å². The lowest BCUT2D eigenvalue weighted by atomic mass is 10.2. The number of nitrogens with one attached hydrogen (secondary N) is 1. The highest BCUT2D eigenvalue weighted by molar-refractivity contribution is 6.29. The van der Waals surface area contributed by atoms with E-state index in [0.717, 1.165) is 0 Å². The molecule has 0 radical (unpaired) electrons. The number of pyridine rings is 1. The molecule has 1 N–H and O–H groups in total. The molecule has 0 aromatic carbocycles. The third-order valence-corrected chi connectivity index (χ3v) is 2.12. The van der Waals surface area contributed by atoms with Crippen molar-refractivity contribution in [3.63, 3.8) is 0 Å². The van der Waals surface area contributed by atoms with Gasteiger partial charge in [-0.3, -0.25) is 5.32 Å². The Labute approximate surface area is 118 Å². The second kappa shape index (κ2) is 7.28. The van der Waals surface area contributed by atoms with Crippen LogP contribution < -0.4 is 5.32 Å². The summed E-state index contributed by atoms with van der Waals surface area (Å²) in [6.45, 7) is 10.7. The van der Waals surface area contributed by atoms with Gasteiger partial charge in [0.05, 0.1) is 11.9 Å². The van der Waals surface area contributed by atoms with Crippen molar-refractivity contribution in [2.75, 3.05) is 5.32 Å². The summed E-state index contributed by atoms with van der Waals surface area (Å²) in [6.07, 6.45) is 0.620. The van der Waals surface area contributed by atoms with Crippen molar-refractivity contribution in [3.05, 3.63) is 22.7 Å². The highest BCUT2D eigenvalue weighted by atomic mass is 35.5. The van der Waals surface area contributed by atoms with Crippen molar-refractivity contribution in [2.45, 2.75) is 47.1 Å². The SMILES string of the molecule is CC.Cc1c(NC(=O)OC(C)(C)C)cnc(Cl)c1F. The van der Waals surface area contributed by atoms with Gasteiger partial charge in [-0.2, -0.15) is 0 Å². The van der Waals surface area contributed by atoms with Crippen molar-refractivity contribution in [1.82, 2.24) is 4.98 Å². The lowest BCUT2D eigenvalue weighted by Crippen LogP contribution is -2.27. The molecule has 1 rings (SSSR count). The highest BCUT2D eigenvalue weighted by Crippen LogP contribution is 2.22. The van der Waals surface area contributed by atoms with Gasteiger partial charge in [0.25, 0.3) is 0 Å². The lowest BCUT2D eigenvalue weighted by Gasteiger charge is -2.20. The number of aromatic nitrogens is 1. The maximum atomic E-state index is 13.4. The summed E-state index contributed by atoms with van der Waals surface area (Å²) in [4.78, 5) is 15.1. The topological polar surface area (TPSA) is 51.2 Å². The molecule has 0 fully saturated rings. The summed E-state index contributed by atoms with van der Waals surface area (Å²) >= 11 is 5.50. The van der Waals surface area contributed by atoms with Crippen molar-refractivity contribution in [2.24, 2.45) is 0 Å². The molecule has 1 heterocycles. The Hall–Kier alpha value is -1.36. The molecule has 0 aliphatic heterocycles. The summed E-state index contributed by atoms with van der Waals surface area (Å²) in [6, 6.07) is 0. The number of carbonyl (C=O) groups excluding carboxylic acids is 1. The van der Waals surface area contributed by atoms with E-state index in [0.29, 0.717) is 0 Å². The number of amides is 1. The number of hydrogen-bond acceptors (Lipinski definition) is 3. The van der Waals surface area contributed by atoms with Gasteiger partial charge in [-0.1, -0.05) is 25.4 Å². The van der Waals surface area contributed by atoms with Crippen LogP contribution in [-0.4, -0.2) is 16.7 Å². The molecule has 1 amide bonds. The quantitative estimate of drug-likeness (QED) is 0.772. The van der Waals surface area contributed by atoms with E-state index in [2.05, 4.69) is 10.3 Å². The van der Waals surface area contributed by atoms with Gasteiger partial charge >= 0.3 is 6.09 Å². The van der Waals surface area contributed by atoms with Crippen LogP contribution in [-0.2, 0) is 4.74 Å². The molecule has 0 unspecified atom stereocenters. The van der Waals surface area contributed by atoms with Crippen LogP contribution in [0.25, 0.3) is 0 Å². The van der Waals surface area contributed by atoms with E-state index in [1.807, 2.05) is 13.8 Å². The summed E-state index contributed by atoms with van der Waals surface area (Å²) in [7, 11) is 0. The van der Waals surface area contributed by atoms with E-state index < -0.39 is 17.5 Å². The van der Waals surface area contributed by atoms with Gasteiger partial charge in [0, 0.05) is 5.56 Å². The van der Waals surface area contributed by atoms with Gasteiger partial charge in [-0.05, 0) is 27.7 Å². The molecule has 0 saturated carbocycles. The van der Waals surface area contributed by atoms with Gasteiger partial charge < -0.3 is 4.74 Å². The van der Waals surface area contributed by atoms with Crippen LogP contribution in [0.3, 0.4) is 0 Å². The Kier molecular flexibility index (Phi) is 6.76. The Morgan fingerprint density at radius 3 is 2.42 bits per heavy atom. The zero-order valence-corrected chi connectivity index (χ0v) is 12.9. The smallest absolute Gasteiger partial charge is 0.412 e. The predicted octanol–water partition coefficient (Wildman–Crippen LogP) is 4.56. The lowest BCUT2D eigenvalue weighted by molar-refractivity contribution is 0.0635. The Balaban J connectivity index is 0.00000154. The van der Waals surface area contributed by atoms with Gasteiger partial charge in [0.15, 0.2) is 11.0 Å². The minimum Gasteiger partial charge on any atom is -0.444 e. The van der Waals surface area contributed by atoms with Crippen LogP contribution in [0.2, 0.25) is 5.15 Å². The van der Waals surface area contributed by atoms with E-state index in [1.54, 1.807) is 20.8 Å². The zero-order chi connectivity index (χ0) is 15.2. The van der Waals surface area contributed by atoms with Crippen molar-refractivity contribution < 1.29 is 13.9 Å². The maximum absolute atomic E-state index is 13.4. The van der Waals surface area contributed by atoms with E-state index in [9.17, 15) is 9.18 Å². The van der Waals surface area contributed by atoms with Crippen LogP contribution in [0.4, 0.5) is 14.9 Å². The number of ether oxygens (including phenoxy) is 1. The molecule has 19 heavy (non-hydrogen) atoms. The summed E-state index contributed by atoms with van der Waals surface area (Å²) in [5.41, 5.74) is -0.159. The Morgan fingerprint density at radius 1 is 1.42 bits per heavy atom. The van der Waals surface area contributed by atoms with Gasteiger partial charge in [-0.15, -0.1) is 0 Å². The molecular weight excluding hydrogens is 271 g/mol. The first kappa shape index (κ1) is 17.6. The number of halogens is 2. The summed E-state index contributed by atoms with van der Waals surface area (Å²) in [5, 5.41) is 2.19. The monoisotopic (exact) mass is 290 g/mol. The average molecular weight is 291 g/mol. The van der Waals surface area contributed by atoms with Gasteiger partial charge in [-0.25, -0.2) is 14.2 Å². The number of hydrogen-bond donors (Lipinski definition) is 1. The molecule has 1 aromatic rings. The summed E-state index contributed by atoms with van der Waals surface area (Å²) < 4.78 is 18.4. The molecule has 0 spiro atoms. The van der Waals surface area contributed by atoms with Crippen molar-refractivity contribution >= 4 is 23.4 Å². The Morgan fingerprint density at radius 2 is 1.95 bits per heavy atom. The number of rotatable bonds is 1. The van der Waals surface area contributed by atoms with Crippen LogP contribution in [0.1, 0.15) is 40.2 Å². The molecule has 0 saturated heterocycles. The highest BCUT2D eigenvalue weighted by Gasteiger charge is 2.18. The first-order chi connectivity index (χ1) is 8.70. The molecular formula is C13H20ClFN2O2. The van der Waals surface area contributed by atoms with E-state index in [4.69, 9.17) is 16.3 Å². The van der Waals surface area contributed by atoms with Gasteiger partial charge in [0.1, 0.15) is 5.60 Å². The predicted molar refractivity (Wildman–Crippen MR) is 75.1 cm³/mol. The number of carbonyl (C=O) groups is 1. The fraction of sp³-hybridized carbons (Fsp3) is 0.538. The standard InChI is InChI=1S/C11H14ClFN2O2.C2H6/c1-6-7(5-14-9(12)8(6)13)15-10(16)17-11(2,3)4;1-2/h5H,1-4H3,(H,15,16);1-2H3. The van der Waals surface area contributed by atoms with Crippen LogP contribution in [0.5, 0.6) is 0 Å². The molecule has 0 bridgehead atoms. The third kappa shape index (κ3) is 5.87. The second-order valence-electron chi connectivity index (χ2n) is 4.53. The average Bonchev–Trinajstić information content (AvgIpc) is 2.30. The maximum Gasteiger partial charge on any atom is 0.412 e. The van der Waals surface area contributed by atoms with Crippen LogP contribution >= 0.6 is 11.6 Å². The fourth-order valence-electron chi connectivity index (χ4n) is 1.09. The molecule has 0 aliphatic rings. The molecule has 1 aromatic heterocycles. The van der Waals surface area contributed by atoms with Crippen LogP contribution in [0.15, 0.2) is 6.20 Å². The number of nitrogens with zero attached hydrogens (tertiary/aromatic N) is 1. The molecule has 108 valence electrons. The third-order valence-electron chi connectivity index (χ3n) is 1.86. The van der Waals surface area contributed by atoms with Crippen molar-refractivity contribution in [1.29, 1.82) is 0 Å². The second-order valence-corrected chi connectivity index (χ2v) is 4.89. The fourth-order valence-corrected chi connectivity index (χ4v) is 1.28.